The van der Waals surface area contributed by atoms with Crippen LogP contribution in [0.25, 0.3) is 0 Å². The fraction of sp³-hybridized carbons (Fsp3) is 0.562. The number of aromatic nitrogens is 4. The van der Waals surface area contributed by atoms with Gasteiger partial charge in [-0.2, -0.15) is 5.10 Å². The van der Waals surface area contributed by atoms with Gasteiger partial charge in [0.25, 0.3) is 0 Å². The Labute approximate surface area is 130 Å². The first-order chi connectivity index (χ1) is 10.7. The molecule has 6 heteroatoms. The van der Waals surface area contributed by atoms with Crippen molar-refractivity contribution < 1.29 is 0 Å². The predicted molar refractivity (Wildman–Crippen MR) is 85.1 cm³/mol. The summed E-state index contributed by atoms with van der Waals surface area (Å²) < 4.78 is 0. The lowest BCUT2D eigenvalue weighted by Gasteiger charge is -2.33. The molecule has 2 bridgehead atoms. The summed E-state index contributed by atoms with van der Waals surface area (Å²) >= 11 is 0. The monoisotopic (exact) mass is 298 g/mol. The minimum Gasteiger partial charge on any atom is -0.338 e. The highest BCUT2D eigenvalue weighted by molar-refractivity contribution is 5.35. The molecule has 4 rings (SSSR count). The molecule has 0 saturated carbocycles. The van der Waals surface area contributed by atoms with Crippen molar-refractivity contribution in [2.45, 2.75) is 45.2 Å². The highest BCUT2D eigenvalue weighted by atomic mass is 15.3. The topological polar surface area (TPSA) is 69.7 Å². The molecule has 2 aromatic heterocycles. The highest BCUT2D eigenvalue weighted by Crippen LogP contribution is 2.23. The van der Waals surface area contributed by atoms with Crippen LogP contribution in [0.2, 0.25) is 0 Å². The number of hydrogen-bond donors (Lipinski definition) is 2. The number of aryl methyl sites for hydroxylation is 2. The quantitative estimate of drug-likeness (QED) is 0.895. The third-order valence-electron chi connectivity index (χ3n) is 4.52. The average molecular weight is 298 g/mol. The zero-order chi connectivity index (χ0) is 15.1. The molecule has 0 spiro atoms. The Morgan fingerprint density at radius 3 is 2.55 bits per heavy atom. The zero-order valence-electron chi connectivity index (χ0n) is 13.1. The maximum Gasteiger partial charge on any atom is 0.225 e. The van der Waals surface area contributed by atoms with Crippen molar-refractivity contribution in [2.24, 2.45) is 0 Å². The summed E-state index contributed by atoms with van der Waals surface area (Å²) in [6.45, 7) is 6.09. The molecule has 2 atom stereocenters. The molecule has 0 radical (unpaired) electrons. The van der Waals surface area contributed by atoms with Crippen LogP contribution in [0.3, 0.4) is 0 Å². The average Bonchev–Trinajstić information content (AvgIpc) is 3.03. The number of nitrogens with zero attached hydrogens (tertiary/aromatic N) is 4. The van der Waals surface area contributed by atoms with Gasteiger partial charge in [-0.25, -0.2) is 9.97 Å². The number of piperazine rings is 1. The Morgan fingerprint density at radius 2 is 1.86 bits per heavy atom. The molecule has 2 saturated heterocycles. The van der Waals surface area contributed by atoms with Crippen molar-refractivity contribution in [2.75, 3.05) is 18.0 Å². The van der Waals surface area contributed by atoms with Crippen LogP contribution in [-0.2, 0) is 6.42 Å². The number of rotatable bonds is 3. The molecular weight excluding hydrogens is 276 g/mol. The first-order valence-corrected chi connectivity index (χ1v) is 8.02. The van der Waals surface area contributed by atoms with Gasteiger partial charge in [-0.05, 0) is 38.8 Å². The fourth-order valence-corrected chi connectivity index (χ4v) is 3.56. The van der Waals surface area contributed by atoms with Crippen molar-refractivity contribution in [3.63, 3.8) is 0 Å². The largest absolute Gasteiger partial charge is 0.338 e. The van der Waals surface area contributed by atoms with Gasteiger partial charge in [-0.1, -0.05) is 0 Å². The number of nitrogens with one attached hydrogen (secondary N) is 2. The molecule has 2 aliphatic heterocycles. The standard InChI is InChI=1S/C16H22N6/c1-10-5-14(7-15-6-11(2)20-21-15)19-16(17-10)22-8-12-3-4-13(9-22)18-12/h5-6,12-13,18H,3-4,7-9H2,1-2H3,(H,20,21). The molecular formula is C16H22N6. The van der Waals surface area contributed by atoms with Gasteiger partial charge in [0.1, 0.15) is 0 Å². The van der Waals surface area contributed by atoms with Crippen LogP contribution in [-0.4, -0.2) is 45.3 Å². The van der Waals surface area contributed by atoms with E-state index in [-0.39, 0.29) is 0 Å². The Kier molecular flexibility index (Phi) is 3.33. The molecule has 0 aromatic carbocycles. The van der Waals surface area contributed by atoms with Crippen LogP contribution in [0.4, 0.5) is 5.95 Å². The summed E-state index contributed by atoms with van der Waals surface area (Å²) in [5.41, 5.74) is 4.18. The molecule has 2 fully saturated rings. The van der Waals surface area contributed by atoms with Gasteiger partial charge in [0, 0.05) is 43.0 Å². The molecule has 22 heavy (non-hydrogen) atoms. The number of anilines is 1. The van der Waals surface area contributed by atoms with Crippen molar-refractivity contribution in [1.82, 2.24) is 25.5 Å². The van der Waals surface area contributed by atoms with Gasteiger partial charge in [0.2, 0.25) is 5.95 Å². The first-order valence-electron chi connectivity index (χ1n) is 8.02. The van der Waals surface area contributed by atoms with E-state index in [0.717, 1.165) is 48.2 Å². The number of aromatic amines is 1. The lowest BCUT2D eigenvalue weighted by Crippen LogP contribution is -2.51. The minimum atomic E-state index is 0.598. The van der Waals surface area contributed by atoms with E-state index in [9.17, 15) is 0 Å². The van der Waals surface area contributed by atoms with E-state index in [4.69, 9.17) is 4.98 Å². The van der Waals surface area contributed by atoms with Crippen LogP contribution in [0.5, 0.6) is 0 Å². The normalized spacial score (nSPS) is 24.0. The minimum absolute atomic E-state index is 0.598. The zero-order valence-corrected chi connectivity index (χ0v) is 13.1. The molecule has 6 nitrogen and oxygen atoms in total. The van der Waals surface area contributed by atoms with E-state index in [2.05, 4.69) is 37.5 Å². The van der Waals surface area contributed by atoms with Gasteiger partial charge in [0.05, 0.1) is 11.4 Å². The van der Waals surface area contributed by atoms with E-state index < -0.39 is 0 Å². The van der Waals surface area contributed by atoms with Gasteiger partial charge in [-0.3, -0.25) is 5.10 Å². The second-order valence-electron chi connectivity index (χ2n) is 6.56. The molecule has 4 heterocycles. The van der Waals surface area contributed by atoms with Crippen LogP contribution in [0.1, 0.15) is 35.6 Å². The van der Waals surface area contributed by atoms with Crippen molar-refractivity contribution >= 4 is 5.95 Å². The summed E-state index contributed by atoms with van der Waals surface area (Å²) in [7, 11) is 0. The summed E-state index contributed by atoms with van der Waals surface area (Å²) in [5, 5.41) is 10.9. The molecule has 0 amide bonds. The lowest BCUT2D eigenvalue weighted by atomic mass is 10.2. The molecule has 116 valence electrons. The van der Waals surface area contributed by atoms with Gasteiger partial charge in [-0.15, -0.1) is 0 Å². The summed E-state index contributed by atoms with van der Waals surface area (Å²) in [5.74, 6) is 0.876. The van der Waals surface area contributed by atoms with Crippen LogP contribution < -0.4 is 10.2 Å². The van der Waals surface area contributed by atoms with Crippen LogP contribution >= 0.6 is 0 Å². The maximum atomic E-state index is 4.79. The second kappa shape index (κ2) is 5.35. The second-order valence-corrected chi connectivity index (χ2v) is 6.56. The smallest absolute Gasteiger partial charge is 0.225 e. The Hall–Kier alpha value is -1.95. The molecule has 2 aliphatic rings. The predicted octanol–water partition coefficient (Wildman–Crippen LogP) is 1.35. The van der Waals surface area contributed by atoms with E-state index in [0.29, 0.717) is 12.1 Å². The number of H-pyrrole nitrogens is 1. The third kappa shape index (κ3) is 2.70. The summed E-state index contributed by atoms with van der Waals surface area (Å²) in [4.78, 5) is 11.8. The lowest BCUT2D eigenvalue weighted by molar-refractivity contribution is 0.460. The molecule has 0 aliphatic carbocycles. The van der Waals surface area contributed by atoms with E-state index in [1.54, 1.807) is 0 Å². The Balaban J connectivity index is 1.57. The number of fused-ring (bicyclic) bond motifs is 2. The van der Waals surface area contributed by atoms with E-state index >= 15 is 0 Å². The molecule has 2 N–H and O–H groups in total. The SMILES string of the molecule is Cc1cc(Cc2cc(C)[nH]n2)nc(N2CC3CCC(C2)N3)n1. The third-order valence-corrected chi connectivity index (χ3v) is 4.52. The van der Waals surface area contributed by atoms with Crippen molar-refractivity contribution in [3.05, 3.63) is 34.9 Å². The maximum absolute atomic E-state index is 4.79. The van der Waals surface area contributed by atoms with Gasteiger partial charge < -0.3 is 10.2 Å². The van der Waals surface area contributed by atoms with Crippen LogP contribution in [0.15, 0.2) is 12.1 Å². The van der Waals surface area contributed by atoms with E-state index in [1.165, 1.54) is 12.8 Å². The molecule has 2 unspecified atom stereocenters. The van der Waals surface area contributed by atoms with Crippen molar-refractivity contribution in [1.29, 1.82) is 0 Å². The highest BCUT2D eigenvalue weighted by Gasteiger charge is 2.33. The fourth-order valence-electron chi connectivity index (χ4n) is 3.56. The van der Waals surface area contributed by atoms with Crippen LogP contribution in [0, 0.1) is 13.8 Å². The first kappa shape index (κ1) is 13.7. The van der Waals surface area contributed by atoms with Gasteiger partial charge in [0.15, 0.2) is 0 Å². The Bertz CT molecular complexity index is 667. The summed E-state index contributed by atoms with van der Waals surface area (Å²) in [6.07, 6.45) is 3.29. The van der Waals surface area contributed by atoms with E-state index in [1.807, 2.05) is 13.8 Å². The Morgan fingerprint density at radius 1 is 1.09 bits per heavy atom. The summed E-state index contributed by atoms with van der Waals surface area (Å²) in [6, 6.07) is 5.33. The van der Waals surface area contributed by atoms with Crippen molar-refractivity contribution in [3.8, 4) is 0 Å². The molecule has 2 aromatic rings. The number of hydrogen-bond acceptors (Lipinski definition) is 5. The van der Waals surface area contributed by atoms with Gasteiger partial charge >= 0.3 is 0 Å².